The van der Waals surface area contributed by atoms with Gasteiger partial charge in [0.15, 0.2) is 0 Å². The number of amides is 4. The van der Waals surface area contributed by atoms with E-state index in [0.29, 0.717) is 11.1 Å². The van der Waals surface area contributed by atoms with Crippen LogP contribution in [0.25, 0.3) is 33.6 Å². The Hall–Kier alpha value is -7.92. The number of aromatic nitrogens is 4. The van der Waals surface area contributed by atoms with Crippen molar-refractivity contribution in [1.29, 1.82) is 0 Å². The Labute approximate surface area is 540 Å². The van der Waals surface area contributed by atoms with E-state index < -0.39 is 68.1 Å². The van der Waals surface area contributed by atoms with Crippen molar-refractivity contribution >= 4 is 81.7 Å². The Morgan fingerprint density at radius 3 is 0.805 bits per heavy atom. The second kappa shape index (κ2) is 33.3. The molecule has 452 valence electrons. The zero-order chi connectivity index (χ0) is 61.9. The molecule has 2 radical (unpaired) electrons. The summed E-state index contributed by atoms with van der Waals surface area (Å²) in [5.41, 5.74) is -2.07. The molecule has 4 bridgehead atoms. The van der Waals surface area contributed by atoms with Gasteiger partial charge in [-0.15, -0.1) is 0 Å². The summed E-state index contributed by atoms with van der Waals surface area (Å²) in [5, 5.41) is 41.1. The van der Waals surface area contributed by atoms with Crippen LogP contribution in [0.2, 0.25) is 0 Å². The van der Waals surface area contributed by atoms with Gasteiger partial charge in [-0.25, -0.2) is 9.80 Å². The van der Waals surface area contributed by atoms with Gasteiger partial charge < -0.3 is 36.1 Å². The Bertz CT molecular complexity index is 3070. The Morgan fingerprint density at radius 1 is 0.425 bits per heavy atom. The molecule has 0 N–H and O–H groups in total. The molecule has 2 unspecified atom stereocenters. The minimum absolute atomic E-state index is 0. The first kappa shape index (κ1) is 75.2. The monoisotopic (exact) mass is 1290 g/mol. The van der Waals surface area contributed by atoms with Crippen molar-refractivity contribution in [3.05, 3.63) is 204 Å². The minimum Gasteiger partial charge on any atom is -2.00 e. The van der Waals surface area contributed by atoms with Crippen molar-refractivity contribution in [2.24, 2.45) is 32.5 Å². The summed E-state index contributed by atoms with van der Waals surface area (Å²) in [6, 6.07) is 50.4. The third-order valence-electron chi connectivity index (χ3n) is 15.1. The predicted molar refractivity (Wildman–Crippen MR) is 328 cm³/mol. The molecule has 4 fully saturated rings. The topological polar surface area (TPSA) is 280 Å². The van der Waals surface area contributed by atoms with Crippen LogP contribution in [0.1, 0.15) is 91.2 Å². The number of carbonyl (C=O) groups is 6. The van der Waals surface area contributed by atoms with E-state index in [9.17, 15) is 39.0 Å². The molecule has 4 aliphatic rings. The van der Waals surface area contributed by atoms with Crippen LogP contribution >= 0.6 is 24.4 Å². The van der Waals surface area contributed by atoms with E-state index in [1.54, 1.807) is 72.4 Å². The number of piperidine rings is 2. The molecule has 7 aromatic rings. The molecule has 2 aliphatic carbocycles. The maximum absolute atomic E-state index is 14.1. The molecule has 17 nitrogen and oxygen atoms in total. The summed E-state index contributed by atoms with van der Waals surface area (Å²) in [6.07, 6.45) is 7.51. The summed E-state index contributed by atoms with van der Waals surface area (Å²) >= 11 is 7.40. The maximum Gasteiger partial charge on any atom is 3.00 e. The molecule has 6 atom stereocenters. The number of isothiocyanates is 2. The van der Waals surface area contributed by atoms with Gasteiger partial charge in [-0.05, 0) is 118 Å². The number of pyridine rings is 4. The second-order valence-corrected chi connectivity index (χ2v) is 23.0. The first-order valence-corrected chi connectivity index (χ1v) is 27.6. The fourth-order valence-corrected chi connectivity index (χ4v) is 12.3. The average Bonchev–Trinajstić information content (AvgIpc) is 0.728. The van der Waals surface area contributed by atoms with Gasteiger partial charge in [-0.3, -0.25) is 39.1 Å². The molecule has 0 spiro atoms. The molecule has 87 heavy (non-hydrogen) atoms. The Balaban J connectivity index is 0.000000459. The largest absolute Gasteiger partial charge is 3.00 e. The van der Waals surface area contributed by atoms with Gasteiger partial charge in [-0.1, -0.05) is 169 Å². The Kier molecular flexibility index (Phi) is 28.7. The standard InChI is InChI=1S/C32H40N2O8.2C10H8N2.2C6H6.2CNS.2Fe.O/c1-17-9-18(2)20(34-23(37)29(5)12-30(6,24(34)38)16-32(8,15-29)26(41)42)10-19(17)33-21(35)27(3)11-28(4,22(33)36)14-31(7,13-27)25(39)40;2*1-3-7-11-9(5-1)10-6-2-4-8-12-10;2*1-2-4-6-5-3-1;2*2-1-3;;;/h9-10H,11-16H2,1-8H3,(H,39,40)(H,41,42);2*1-8H;2*1-6H;;;;;/q;;;;;2*-1;2*+3;-2/p-2/t27-,28+,29-,30+,31?,32?;;;;;;;;;. The molecule has 6 heterocycles. The third kappa shape index (κ3) is 18.6. The van der Waals surface area contributed by atoms with Crippen LogP contribution in [0.3, 0.4) is 0 Å². The number of benzene rings is 3. The molecule has 2 saturated heterocycles. The number of carboxylic acid groups (broad SMARTS) is 2. The van der Waals surface area contributed by atoms with E-state index in [-0.39, 0.29) is 89.5 Å². The number of fused-ring (bicyclic) bond motifs is 4. The summed E-state index contributed by atoms with van der Waals surface area (Å²) in [7, 11) is 0. The number of aliphatic carboxylic acids is 2. The van der Waals surface area contributed by atoms with E-state index in [1.807, 2.05) is 146 Å². The molecule has 21 heteroatoms. The summed E-state index contributed by atoms with van der Waals surface area (Å²) in [6.45, 7) is 13.2. The minimum atomic E-state index is -1.36. The first-order valence-electron chi connectivity index (χ1n) is 26.8. The number of rotatable bonds is 6. The molecule has 4 aromatic heterocycles. The average molecular weight is 1290 g/mol. The van der Waals surface area contributed by atoms with Crippen molar-refractivity contribution in [2.75, 3.05) is 9.80 Å². The van der Waals surface area contributed by atoms with Crippen LogP contribution in [-0.2, 0) is 68.4 Å². The SMILES string of the molecule is Cc1cc(C)c(N2C(=O)[C@@]3(C)CC(C)(C(=O)[O-])C[C@](C)(C3)C2=O)cc1N1C(=O)[C@@]2(C)CC(C)(C(=O)[O-])C[C@](C)(C2)C1=O.[Fe+3].[Fe+3].[N-]=C=S.[N-]=C=S.[O-2].c1ccc(-c2ccccn2)nc1.c1ccc(-c2ccccn2)nc1.c1ccccc1.c1ccccc1. The fraction of sp³-hybridized carbons (Fsp3) is 0.303. The number of hydrogen-bond acceptors (Lipinski definition) is 14. The molecule has 3 aromatic carbocycles. The van der Waals surface area contributed by atoms with E-state index in [2.05, 4.69) is 44.4 Å². The van der Waals surface area contributed by atoms with Crippen LogP contribution in [0, 0.1) is 46.3 Å². The zero-order valence-electron chi connectivity index (χ0n) is 49.3. The molecular formula is C66H66Fe2N8O9S2. The van der Waals surface area contributed by atoms with E-state index in [4.69, 9.17) is 10.8 Å². The predicted octanol–water partition coefficient (Wildman–Crippen LogP) is 10.8. The van der Waals surface area contributed by atoms with Crippen LogP contribution in [0.5, 0.6) is 0 Å². The van der Waals surface area contributed by atoms with Gasteiger partial charge in [0.05, 0.1) is 34.2 Å². The second-order valence-electron chi connectivity index (χ2n) is 22.7. The van der Waals surface area contributed by atoms with E-state index in [0.717, 1.165) is 32.6 Å². The van der Waals surface area contributed by atoms with Crippen molar-refractivity contribution in [1.82, 2.24) is 19.9 Å². The molecule has 4 amide bonds. The van der Waals surface area contributed by atoms with Crippen molar-refractivity contribution in [3.63, 3.8) is 0 Å². The van der Waals surface area contributed by atoms with Crippen molar-refractivity contribution in [3.8, 4) is 22.8 Å². The first-order chi connectivity index (χ1) is 39.8. The van der Waals surface area contributed by atoms with Gasteiger partial charge in [-0.2, -0.15) is 10.3 Å². The number of nitrogens with zero attached hydrogens (tertiary/aromatic N) is 8. The summed E-state index contributed by atoms with van der Waals surface area (Å²) in [4.78, 5) is 99.3. The molecular weight excluding hydrogens is 1220 g/mol. The number of carboxylic acids is 2. The van der Waals surface area contributed by atoms with Crippen LogP contribution in [0.4, 0.5) is 11.4 Å². The van der Waals surface area contributed by atoms with Crippen molar-refractivity contribution in [2.45, 2.75) is 93.9 Å². The van der Waals surface area contributed by atoms with Gasteiger partial charge in [0, 0.05) is 69.2 Å². The smallest absolute Gasteiger partial charge is 2.00 e. The quantitative estimate of drug-likeness (QED) is 0.0648. The van der Waals surface area contributed by atoms with Gasteiger partial charge in [0.25, 0.3) is 0 Å². The molecule has 2 aliphatic heterocycles. The third-order valence-corrected chi connectivity index (χ3v) is 15.1. The molecule has 2 saturated carbocycles. The number of thiocarbonyl (C=S) groups is 2. The van der Waals surface area contributed by atoms with Gasteiger partial charge >= 0.3 is 34.1 Å². The van der Waals surface area contributed by atoms with E-state index in [1.165, 1.54) is 30.2 Å². The van der Waals surface area contributed by atoms with E-state index >= 15 is 0 Å². The normalized spacial score (nSPS) is 23.2. The van der Waals surface area contributed by atoms with Crippen LogP contribution in [0.15, 0.2) is 183 Å². The maximum atomic E-state index is 14.1. The number of imide groups is 2. The van der Waals surface area contributed by atoms with Gasteiger partial charge in [0.2, 0.25) is 23.6 Å². The molecule has 11 rings (SSSR count). The van der Waals surface area contributed by atoms with Crippen LogP contribution < -0.4 is 20.0 Å². The Morgan fingerprint density at radius 2 is 0.632 bits per heavy atom. The summed E-state index contributed by atoms with van der Waals surface area (Å²) < 4.78 is 0. The van der Waals surface area contributed by atoms with Crippen LogP contribution in [-0.4, -0.2) is 65.8 Å². The van der Waals surface area contributed by atoms with Crippen molar-refractivity contribution < 1.29 is 78.6 Å². The van der Waals surface area contributed by atoms with Gasteiger partial charge in [0.1, 0.15) is 0 Å². The zero-order valence-corrected chi connectivity index (χ0v) is 53.2. The fourth-order valence-electron chi connectivity index (χ4n) is 12.3. The number of aryl methyl sites for hydroxylation is 2. The number of hydrogen-bond donors (Lipinski definition) is 0. The number of carbonyl (C=O) groups excluding carboxylic acids is 6. The summed E-state index contributed by atoms with van der Waals surface area (Å²) in [5.74, 6) is -4.74. The number of anilines is 2.